The molecule has 1 atom stereocenters. The zero-order chi connectivity index (χ0) is 11.0. The van der Waals surface area contributed by atoms with Crippen molar-refractivity contribution < 1.29 is 21.8 Å². The summed E-state index contributed by atoms with van der Waals surface area (Å²) in [6, 6.07) is 0. The first kappa shape index (κ1) is 11.0. The first-order valence-corrected chi connectivity index (χ1v) is 4.88. The summed E-state index contributed by atoms with van der Waals surface area (Å²) in [5.41, 5.74) is 3.47. The van der Waals surface area contributed by atoms with Crippen LogP contribution in [0.3, 0.4) is 0 Å². The topological polar surface area (TPSA) is 43.1 Å². The molecule has 0 aliphatic carbocycles. The maximum absolute atomic E-state index is 12.9. The molecule has 0 aliphatic heterocycles. The average molecular weight is 227 g/mol. The van der Waals surface area contributed by atoms with Crippen LogP contribution in [0.25, 0.3) is 0 Å². The van der Waals surface area contributed by atoms with E-state index in [4.69, 9.17) is 5.73 Å². The fourth-order valence-corrected chi connectivity index (χ4v) is 1.56. The van der Waals surface area contributed by atoms with E-state index in [0.717, 1.165) is 6.26 Å². The molecule has 7 heteroatoms. The number of nitrogens with two attached hydrogens (primary N) is 1. The molecule has 0 radical (unpaired) electrons. The van der Waals surface area contributed by atoms with Crippen molar-refractivity contribution in [1.29, 1.82) is 0 Å². The van der Waals surface area contributed by atoms with Gasteiger partial charge in [-0.05, 0) is 0 Å². The van der Waals surface area contributed by atoms with Gasteiger partial charge in [0.05, 0.1) is 10.8 Å². The Morgan fingerprint density at radius 1 is 1.00 bits per heavy atom. The molecule has 0 amide bonds. The largest absolute Gasteiger partial charge is 0.394 e. The molecular formula is C7H5F4NOS. The molecule has 0 spiro atoms. The molecule has 1 rings (SSSR count). The molecule has 2 N–H and O–H groups in total. The van der Waals surface area contributed by atoms with Crippen LogP contribution in [0.2, 0.25) is 0 Å². The Kier molecular flexibility index (Phi) is 2.79. The Morgan fingerprint density at radius 2 is 1.36 bits per heavy atom. The van der Waals surface area contributed by atoms with Crippen molar-refractivity contribution in [2.45, 2.75) is 4.90 Å². The quantitative estimate of drug-likeness (QED) is 0.449. The summed E-state index contributed by atoms with van der Waals surface area (Å²) in [5, 5.41) is 0. The number of nitrogen functional groups attached to an aromatic ring is 1. The zero-order valence-electron chi connectivity index (χ0n) is 6.91. The Hall–Kier alpha value is -1.11. The van der Waals surface area contributed by atoms with Crippen LogP contribution in [0.5, 0.6) is 0 Å². The highest BCUT2D eigenvalue weighted by Crippen LogP contribution is 2.27. The lowest BCUT2D eigenvalue weighted by atomic mass is 10.2. The van der Waals surface area contributed by atoms with Gasteiger partial charge in [0, 0.05) is 6.26 Å². The van der Waals surface area contributed by atoms with Gasteiger partial charge < -0.3 is 5.73 Å². The Labute approximate surface area is 79.2 Å². The average Bonchev–Trinajstić information content (AvgIpc) is 2.11. The first-order chi connectivity index (χ1) is 6.37. The number of hydrogen-bond donors (Lipinski definition) is 1. The molecule has 14 heavy (non-hydrogen) atoms. The van der Waals surface area contributed by atoms with Crippen molar-refractivity contribution in [1.82, 2.24) is 0 Å². The number of rotatable bonds is 1. The number of hydrogen-bond acceptors (Lipinski definition) is 2. The summed E-state index contributed by atoms with van der Waals surface area (Å²) in [6.07, 6.45) is 0.899. The Morgan fingerprint density at radius 3 is 1.64 bits per heavy atom. The highest BCUT2D eigenvalue weighted by atomic mass is 32.2. The van der Waals surface area contributed by atoms with Crippen LogP contribution in [0, 0.1) is 23.3 Å². The monoisotopic (exact) mass is 227 g/mol. The van der Waals surface area contributed by atoms with Gasteiger partial charge in [-0.1, -0.05) is 0 Å². The van der Waals surface area contributed by atoms with Crippen LogP contribution in [-0.4, -0.2) is 10.5 Å². The molecule has 1 unspecified atom stereocenters. The Balaban J connectivity index is 3.68. The molecule has 2 nitrogen and oxygen atoms in total. The smallest absolute Gasteiger partial charge is 0.186 e. The maximum Gasteiger partial charge on any atom is 0.186 e. The molecular weight excluding hydrogens is 222 g/mol. The second kappa shape index (κ2) is 3.56. The summed E-state index contributed by atoms with van der Waals surface area (Å²) < 4.78 is 62.1. The number of anilines is 1. The van der Waals surface area contributed by atoms with Gasteiger partial charge in [0.25, 0.3) is 0 Å². The van der Waals surface area contributed by atoms with Crippen molar-refractivity contribution in [3.63, 3.8) is 0 Å². The second-order valence-corrected chi connectivity index (χ2v) is 3.77. The van der Waals surface area contributed by atoms with E-state index >= 15 is 0 Å². The molecule has 1 aromatic rings. The van der Waals surface area contributed by atoms with Gasteiger partial charge in [0.15, 0.2) is 23.3 Å². The van der Waals surface area contributed by atoms with Crippen LogP contribution >= 0.6 is 0 Å². The fraction of sp³-hybridized carbons (Fsp3) is 0.143. The maximum atomic E-state index is 12.9. The molecule has 0 bridgehead atoms. The summed E-state index contributed by atoms with van der Waals surface area (Å²) in [5.74, 6) is -6.90. The van der Waals surface area contributed by atoms with E-state index in [1.54, 1.807) is 0 Å². The SMILES string of the molecule is CS(=O)c1c(F)c(F)c(N)c(F)c1F. The minimum absolute atomic E-state index is 0.899. The van der Waals surface area contributed by atoms with E-state index in [2.05, 4.69) is 0 Å². The van der Waals surface area contributed by atoms with Crippen LogP contribution in [-0.2, 0) is 10.8 Å². The third kappa shape index (κ3) is 1.47. The first-order valence-electron chi connectivity index (χ1n) is 3.32. The van der Waals surface area contributed by atoms with Crippen LogP contribution in [0.15, 0.2) is 4.90 Å². The highest BCUT2D eigenvalue weighted by molar-refractivity contribution is 7.84. The minimum atomic E-state index is -2.17. The summed E-state index contributed by atoms with van der Waals surface area (Å²) >= 11 is 0. The minimum Gasteiger partial charge on any atom is -0.394 e. The number of halogens is 4. The van der Waals surface area contributed by atoms with E-state index < -0.39 is 44.7 Å². The molecule has 0 fully saturated rings. The van der Waals surface area contributed by atoms with Gasteiger partial charge in [-0.2, -0.15) is 0 Å². The van der Waals surface area contributed by atoms with Crippen LogP contribution < -0.4 is 5.73 Å². The van der Waals surface area contributed by atoms with Gasteiger partial charge >= 0.3 is 0 Å². The Bertz CT molecular complexity index is 392. The van der Waals surface area contributed by atoms with E-state index in [1.807, 2.05) is 0 Å². The summed E-state index contributed by atoms with van der Waals surface area (Å²) in [4.78, 5) is -1.14. The fourth-order valence-electron chi connectivity index (χ4n) is 0.881. The normalized spacial score (nSPS) is 12.9. The lowest BCUT2D eigenvalue weighted by Crippen LogP contribution is -2.08. The third-order valence-corrected chi connectivity index (χ3v) is 2.48. The van der Waals surface area contributed by atoms with Crippen molar-refractivity contribution in [2.24, 2.45) is 0 Å². The van der Waals surface area contributed by atoms with Gasteiger partial charge in [-0.25, -0.2) is 17.6 Å². The van der Waals surface area contributed by atoms with Crippen molar-refractivity contribution in [3.05, 3.63) is 23.3 Å². The molecule has 0 aromatic heterocycles. The predicted molar refractivity (Wildman–Crippen MR) is 43.0 cm³/mol. The van der Waals surface area contributed by atoms with Gasteiger partial charge in [-0.3, -0.25) is 4.21 Å². The van der Waals surface area contributed by atoms with Gasteiger partial charge in [0.1, 0.15) is 10.6 Å². The van der Waals surface area contributed by atoms with E-state index in [1.165, 1.54) is 0 Å². The summed E-state index contributed by atoms with van der Waals surface area (Å²) in [7, 11) is -2.17. The van der Waals surface area contributed by atoms with E-state index in [-0.39, 0.29) is 0 Å². The van der Waals surface area contributed by atoms with Gasteiger partial charge in [-0.15, -0.1) is 0 Å². The molecule has 0 heterocycles. The molecule has 1 aromatic carbocycles. The van der Waals surface area contributed by atoms with Crippen molar-refractivity contribution >= 4 is 16.5 Å². The van der Waals surface area contributed by atoms with Crippen molar-refractivity contribution in [3.8, 4) is 0 Å². The molecule has 0 saturated heterocycles. The van der Waals surface area contributed by atoms with Crippen LogP contribution in [0.1, 0.15) is 0 Å². The van der Waals surface area contributed by atoms with E-state index in [0.29, 0.717) is 0 Å². The predicted octanol–water partition coefficient (Wildman–Crippen LogP) is 1.56. The number of benzene rings is 1. The second-order valence-electron chi connectivity index (χ2n) is 2.45. The standard InChI is InChI=1S/C7H5F4NOS/c1-14(13)7-4(10)2(8)6(12)3(9)5(7)11/h12H2,1H3. The molecule has 0 saturated carbocycles. The summed E-state index contributed by atoms with van der Waals surface area (Å²) in [6.45, 7) is 0. The zero-order valence-corrected chi connectivity index (χ0v) is 7.72. The molecule has 78 valence electrons. The highest BCUT2D eigenvalue weighted by Gasteiger charge is 2.25. The van der Waals surface area contributed by atoms with E-state index in [9.17, 15) is 21.8 Å². The third-order valence-electron chi connectivity index (χ3n) is 1.54. The lowest BCUT2D eigenvalue weighted by molar-refractivity contribution is 0.429. The molecule has 0 aliphatic rings. The van der Waals surface area contributed by atoms with Crippen molar-refractivity contribution in [2.75, 3.05) is 12.0 Å². The lowest BCUT2D eigenvalue weighted by Gasteiger charge is -2.06. The van der Waals surface area contributed by atoms with Gasteiger partial charge in [0.2, 0.25) is 0 Å². The van der Waals surface area contributed by atoms with Crippen LogP contribution in [0.4, 0.5) is 23.2 Å².